The van der Waals surface area contributed by atoms with Gasteiger partial charge >= 0.3 is 5.97 Å². The van der Waals surface area contributed by atoms with Gasteiger partial charge in [-0.2, -0.15) is 0 Å². The fraction of sp³-hybridized carbons (Fsp3) is 0.400. The van der Waals surface area contributed by atoms with E-state index in [1.165, 1.54) is 10.9 Å². The molecule has 0 aliphatic rings. The first-order valence-electron chi connectivity index (χ1n) is 5.84. The topological polar surface area (TPSA) is 123 Å². The lowest BCUT2D eigenvalue weighted by atomic mass is 10.3. The molecule has 0 bridgehead atoms. The number of hydrogen-bond acceptors (Lipinski definition) is 7. The highest BCUT2D eigenvalue weighted by Crippen LogP contribution is 2.10. The van der Waals surface area contributed by atoms with Crippen molar-refractivity contribution in [1.82, 2.24) is 29.9 Å². The van der Waals surface area contributed by atoms with Crippen molar-refractivity contribution in [2.45, 2.75) is 19.9 Å². The zero-order chi connectivity index (χ0) is 14.5. The molecule has 2 rings (SSSR count). The van der Waals surface area contributed by atoms with Gasteiger partial charge in [-0.05, 0) is 18.0 Å². The van der Waals surface area contributed by atoms with E-state index < -0.39 is 5.97 Å². The molecule has 0 atom stereocenters. The maximum absolute atomic E-state index is 11.9. The Morgan fingerprint density at radius 3 is 2.90 bits per heavy atom. The highest BCUT2D eigenvalue weighted by Gasteiger charge is 2.14. The molecule has 9 nitrogen and oxygen atoms in total. The van der Waals surface area contributed by atoms with Gasteiger partial charge in [-0.1, -0.05) is 16.6 Å². The number of aromatic carboxylic acids is 1. The molecule has 0 fully saturated rings. The van der Waals surface area contributed by atoms with Crippen LogP contribution in [0.4, 0.5) is 0 Å². The molecule has 0 radical (unpaired) electrons. The van der Waals surface area contributed by atoms with Crippen LogP contribution in [0.3, 0.4) is 0 Å². The minimum absolute atomic E-state index is 0.128. The number of nitrogens with zero attached hydrogens (tertiary/aromatic N) is 5. The molecule has 20 heavy (non-hydrogen) atoms. The smallest absolute Gasteiger partial charge is 0.358 e. The molecule has 0 spiro atoms. The van der Waals surface area contributed by atoms with Crippen molar-refractivity contribution in [2.24, 2.45) is 0 Å². The lowest BCUT2D eigenvalue weighted by molar-refractivity contribution is 0.0690. The summed E-state index contributed by atoms with van der Waals surface area (Å²) in [5.41, 5.74) is 0.540. The van der Waals surface area contributed by atoms with Gasteiger partial charge in [-0.15, -0.1) is 10.2 Å². The molecule has 2 N–H and O–H groups in total. The molecule has 0 saturated carbocycles. The zero-order valence-electron chi connectivity index (χ0n) is 10.6. The third kappa shape index (κ3) is 3.15. The molecule has 2 heterocycles. The summed E-state index contributed by atoms with van der Waals surface area (Å²) in [6.45, 7) is 2.54. The molecule has 0 aromatic carbocycles. The standard InChI is InChI=1S/C10H12N6O3S/c1-2-6-8(20-15-13-6)9(17)11-3-4-16-5-7(10(18)19)12-14-16/h5H,2-4H2,1H3,(H,11,17)(H,18,19). The lowest BCUT2D eigenvalue weighted by Crippen LogP contribution is -2.27. The van der Waals surface area contributed by atoms with Gasteiger partial charge in [0.2, 0.25) is 0 Å². The van der Waals surface area contributed by atoms with Crippen molar-refractivity contribution < 1.29 is 14.7 Å². The van der Waals surface area contributed by atoms with Crippen LogP contribution in [-0.4, -0.2) is 48.1 Å². The van der Waals surface area contributed by atoms with Crippen LogP contribution in [-0.2, 0) is 13.0 Å². The average Bonchev–Trinajstić information content (AvgIpc) is 3.07. The Kier molecular flexibility index (Phi) is 4.35. The summed E-state index contributed by atoms with van der Waals surface area (Å²) in [7, 11) is 0. The van der Waals surface area contributed by atoms with Crippen LogP contribution in [0.15, 0.2) is 6.20 Å². The first kappa shape index (κ1) is 14.1. The Labute approximate surface area is 117 Å². The molecule has 106 valence electrons. The van der Waals surface area contributed by atoms with Gasteiger partial charge in [0.25, 0.3) is 5.91 Å². The Bertz CT molecular complexity index is 622. The monoisotopic (exact) mass is 296 g/mol. The Morgan fingerprint density at radius 2 is 2.25 bits per heavy atom. The van der Waals surface area contributed by atoms with Gasteiger partial charge in [0, 0.05) is 6.54 Å². The molecule has 0 saturated heterocycles. The molecule has 2 aromatic heterocycles. The quantitative estimate of drug-likeness (QED) is 0.758. The summed E-state index contributed by atoms with van der Waals surface area (Å²) < 4.78 is 5.10. The van der Waals surface area contributed by atoms with Crippen LogP contribution in [0.25, 0.3) is 0 Å². The number of amides is 1. The minimum atomic E-state index is -1.14. The predicted octanol–water partition coefficient (Wildman–Crippen LogP) is -0.180. The molecular formula is C10H12N6O3S. The van der Waals surface area contributed by atoms with Crippen LogP contribution in [0.2, 0.25) is 0 Å². The fourth-order valence-corrected chi connectivity index (χ4v) is 2.15. The van der Waals surface area contributed by atoms with E-state index in [1.54, 1.807) is 0 Å². The number of aromatic nitrogens is 5. The minimum Gasteiger partial charge on any atom is -0.476 e. The van der Waals surface area contributed by atoms with Crippen LogP contribution in [0.5, 0.6) is 0 Å². The summed E-state index contributed by atoms with van der Waals surface area (Å²) in [5, 5.41) is 22.4. The van der Waals surface area contributed by atoms with Crippen LogP contribution < -0.4 is 5.32 Å². The second-order valence-corrected chi connectivity index (χ2v) is 4.58. The van der Waals surface area contributed by atoms with Crippen molar-refractivity contribution in [2.75, 3.05) is 6.54 Å². The second-order valence-electron chi connectivity index (χ2n) is 3.83. The average molecular weight is 296 g/mol. The van der Waals surface area contributed by atoms with Crippen LogP contribution in [0.1, 0.15) is 32.8 Å². The van der Waals surface area contributed by atoms with Gasteiger partial charge < -0.3 is 10.4 Å². The third-order valence-electron chi connectivity index (χ3n) is 2.48. The van der Waals surface area contributed by atoms with E-state index in [9.17, 15) is 9.59 Å². The maximum atomic E-state index is 11.9. The highest BCUT2D eigenvalue weighted by atomic mass is 32.1. The zero-order valence-corrected chi connectivity index (χ0v) is 11.4. The van der Waals surface area contributed by atoms with E-state index in [1.807, 2.05) is 6.92 Å². The van der Waals surface area contributed by atoms with E-state index in [0.717, 1.165) is 11.5 Å². The number of aryl methyl sites for hydroxylation is 1. The van der Waals surface area contributed by atoms with Crippen molar-refractivity contribution in [3.63, 3.8) is 0 Å². The van der Waals surface area contributed by atoms with Gasteiger partial charge in [-0.25, -0.2) is 9.48 Å². The lowest BCUT2D eigenvalue weighted by Gasteiger charge is -2.03. The Hall–Kier alpha value is -2.36. The van der Waals surface area contributed by atoms with Crippen molar-refractivity contribution in [3.05, 3.63) is 22.5 Å². The first-order valence-corrected chi connectivity index (χ1v) is 6.62. The summed E-state index contributed by atoms with van der Waals surface area (Å²) in [6, 6.07) is 0. The number of hydrogen-bond donors (Lipinski definition) is 2. The molecule has 0 unspecified atom stereocenters. The number of carboxylic acids is 1. The summed E-state index contributed by atoms with van der Waals surface area (Å²) in [5.74, 6) is -1.38. The molecule has 1 amide bonds. The number of carbonyl (C=O) groups excluding carboxylic acids is 1. The molecular weight excluding hydrogens is 284 g/mol. The molecule has 10 heteroatoms. The van der Waals surface area contributed by atoms with Crippen molar-refractivity contribution in [1.29, 1.82) is 0 Å². The molecule has 0 aliphatic carbocycles. The number of carboxylic acid groups (broad SMARTS) is 1. The van der Waals surface area contributed by atoms with Gasteiger partial charge in [0.05, 0.1) is 18.4 Å². The second kappa shape index (κ2) is 6.19. The van der Waals surface area contributed by atoms with Crippen LogP contribution in [0, 0.1) is 0 Å². The van der Waals surface area contributed by atoms with E-state index in [4.69, 9.17) is 5.11 Å². The Morgan fingerprint density at radius 1 is 1.45 bits per heavy atom. The van der Waals surface area contributed by atoms with Gasteiger partial charge in [0.1, 0.15) is 4.88 Å². The summed E-state index contributed by atoms with van der Waals surface area (Å²) in [4.78, 5) is 23.0. The molecule has 2 aromatic rings. The van der Waals surface area contributed by atoms with Gasteiger partial charge in [0.15, 0.2) is 5.69 Å². The Balaban J connectivity index is 1.86. The van der Waals surface area contributed by atoms with Crippen molar-refractivity contribution >= 4 is 23.4 Å². The first-order chi connectivity index (χ1) is 9.61. The van der Waals surface area contributed by atoms with Gasteiger partial charge in [-0.3, -0.25) is 4.79 Å². The third-order valence-corrected chi connectivity index (χ3v) is 3.25. The fourth-order valence-electron chi connectivity index (χ4n) is 1.48. The van der Waals surface area contributed by atoms with E-state index in [0.29, 0.717) is 30.1 Å². The normalized spacial score (nSPS) is 10.4. The summed E-state index contributed by atoms with van der Waals surface area (Å²) in [6.07, 6.45) is 1.95. The van der Waals surface area contributed by atoms with E-state index in [-0.39, 0.29) is 11.6 Å². The van der Waals surface area contributed by atoms with E-state index >= 15 is 0 Å². The predicted molar refractivity (Wildman–Crippen MR) is 68.6 cm³/mol. The van der Waals surface area contributed by atoms with Crippen molar-refractivity contribution in [3.8, 4) is 0 Å². The summed E-state index contributed by atoms with van der Waals surface area (Å²) >= 11 is 1.05. The number of carbonyl (C=O) groups is 2. The van der Waals surface area contributed by atoms with Crippen LogP contribution >= 0.6 is 11.5 Å². The SMILES string of the molecule is CCc1nnsc1C(=O)NCCn1cc(C(=O)O)nn1. The number of rotatable bonds is 6. The number of nitrogens with one attached hydrogen (secondary N) is 1. The van der Waals surface area contributed by atoms with E-state index in [2.05, 4.69) is 25.2 Å². The molecule has 0 aliphatic heterocycles. The highest BCUT2D eigenvalue weighted by molar-refractivity contribution is 7.08. The largest absolute Gasteiger partial charge is 0.476 e. The maximum Gasteiger partial charge on any atom is 0.358 e.